The topological polar surface area (TPSA) is 102 Å². The standard InChI is InChI=1S/C14H19NO7S/c1-20-11-3-4-13(12(8-11)21-2)23(18,19)15-5-6-22-9-10(15)7-14(16)17/h3-4,8,10H,5-7,9H2,1-2H3,(H,16,17). The number of hydrogen-bond acceptors (Lipinski definition) is 6. The van der Waals surface area contributed by atoms with E-state index >= 15 is 0 Å². The third-order valence-corrected chi connectivity index (χ3v) is 5.53. The lowest BCUT2D eigenvalue weighted by Gasteiger charge is -2.34. The van der Waals surface area contributed by atoms with E-state index < -0.39 is 22.0 Å². The molecule has 0 spiro atoms. The zero-order chi connectivity index (χ0) is 17.0. The van der Waals surface area contributed by atoms with Crippen molar-refractivity contribution >= 4 is 16.0 Å². The molecule has 1 fully saturated rings. The van der Waals surface area contributed by atoms with Crippen LogP contribution in [0.15, 0.2) is 23.1 Å². The summed E-state index contributed by atoms with van der Waals surface area (Å²) in [4.78, 5) is 10.9. The van der Waals surface area contributed by atoms with Crippen LogP contribution in [-0.2, 0) is 19.6 Å². The molecule has 128 valence electrons. The van der Waals surface area contributed by atoms with E-state index in [2.05, 4.69) is 0 Å². The van der Waals surface area contributed by atoms with Crippen LogP contribution < -0.4 is 9.47 Å². The molecular weight excluding hydrogens is 326 g/mol. The first kappa shape index (κ1) is 17.5. The number of sulfonamides is 1. The molecule has 1 unspecified atom stereocenters. The molecule has 1 aromatic rings. The predicted octanol–water partition coefficient (Wildman–Crippen LogP) is 0.568. The van der Waals surface area contributed by atoms with Gasteiger partial charge in [0.25, 0.3) is 0 Å². The Labute approximate surface area is 134 Å². The highest BCUT2D eigenvalue weighted by Gasteiger charge is 2.36. The Morgan fingerprint density at radius 3 is 2.74 bits per heavy atom. The number of aliphatic carboxylic acids is 1. The first-order valence-electron chi connectivity index (χ1n) is 6.93. The molecule has 8 nitrogen and oxygen atoms in total. The molecule has 1 aliphatic heterocycles. The Kier molecular flexibility index (Phi) is 5.45. The Bertz CT molecular complexity index is 674. The molecule has 1 N–H and O–H groups in total. The molecule has 0 bridgehead atoms. The van der Waals surface area contributed by atoms with Crippen molar-refractivity contribution in [3.63, 3.8) is 0 Å². The van der Waals surface area contributed by atoms with E-state index in [4.69, 9.17) is 19.3 Å². The van der Waals surface area contributed by atoms with E-state index in [0.29, 0.717) is 5.75 Å². The Morgan fingerprint density at radius 1 is 1.39 bits per heavy atom. The minimum absolute atomic E-state index is 0.0295. The quantitative estimate of drug-likeness (QED) is 0.804. The molecule has 1 heterocycles. The molecule has 1 atom stereocenters. The van der Waals surface area contributed by atoms with Gasteiger partial charge in [0.2, 0.25) is 10.0 Å². The lowest BCUT2D eigenvalue weighted by molar-refractivity contribution is -0.139. The van der Waals surface area contributed by atoms with Gasteiger partial charge in [-0.1, -0.05) is 0 Å². The van der Waals surface area contributed by atoms with Crippen molar-refractivity contribution in [1.82, 2.24) is 4.31 Å². The number of carboxylic acid groups (broad SMARTS) is 1. The summed E-state index contributed by atoms with van der Waals surface area (Å²) in [5.74, 6) is -0.475. The second-order valence-corrected chi connectivity index (χ2v) is 6.82. The van der Waals surface area contributed by atoms with Crippen molar-refractivity contribution in [1.29, 1.82) is 0 Å². The first-order chi connectivity index (χ1) is 10.9. The van der Waals surface area contributed by atoms with Crippen LogP contribution in [-0.4, -0.2) is 63.8 Å². The number of carboxylic acids is 1. The summed E-state index contributed by atoms with van der Waals surface area (Å²) in [6, 6.07) is 3.63. The molecule has 1 saturated heterocycles. The number of morpholine rings is 1. The van der Waals surface area contributed by atoms with Crippen molar-refractivity contribution in [2.24, 2.45) is 0 Å². The van der Waals surface area contributed by atoms with Gasteiger partial charge in [0.05, 0.1) is 39.9 Å². The van der Waals surface area contributed by atoms with Crippen molar-refractivity contribution in [3.05, 3.63) is 18.2 Å². The minimum atomic E-state index is -3.92. The molecule has 2 rings (SSSR count). The molecule has 1 aromatic carbocycles. The average molecular weight is 345 g/mol. The van der Waals surface area contributed by atoms with E-state index in [1.807, 2.05) is 0 Å². The van der Waals surface area contributed by atoms with E-state index in [1.165, 1.54) is 32.4 Å². The zero-order valence-corrected chi connectivity index (χ0v) is 13.7. The average Bonchev–Trinajstić information content (AvgIpc) is 2.53. The van der Waals surface area contributed by atoms with Gasteiger partial charge >= 0.3 is 5.97 Å². The SMILES string of the molecule is COc1ccc(S(=O)(=O)N2CCOCC2CC(=O)O)c(OC)c1. The van der Waals surface area contributed by atoms with Gasteiger partial charge in [0.15, 0.2) is 0 Å². The second kappa shape index (κ2) is 7.16. The summed E-state index contributed by atoms with van der Waals surface area (Å²) < 4.78 is 42.4. The Balaban J connectivity index is 2.41. The highest BCUT2D eigenvalue weighted by Crippen LogP contribution is 2.32. The van der Waals surface area contributed by atoms with Crippen LogP contribution in [0, 0.1) is 0 Å². The molecule has 0 radical (unpaired) electrons. The van der Waals surface area contributed by atoms with Crippen LogP contribution in [0.2, 0.25) is 0 Å². The summed E-state index contributed by atoms with van der Waals surface area (Å²) >= 11 is 0. The van der Waals surface area contributed by atoms with Gasteiger partial charge in [-0.25, -0.2) is 8.42 Å². The second-order valence-electron chi connectivity index (χ2n) is 4.96. The highest BCUT2D eigenvalue weighted by molar-refractivity contribution is 7.89. The maximum absolute atomic E-state index is 12.9. The van der Waals surface area contributed by atoms with Gasteiger partial charge in [-0.2, -0.15) is 4.31 Å². The summed E-state index contributed by atoms with van der Waals surface area (Å²) in [5, 5.41) is 8.97. The summed E-state index contributed by atoms with van der Waals surface area (Å²) in [6.45, 7) is 0.354. The molecule has 1 aliphatic rings. The fourth-order valence-electron chi connectivity index (χ4n) is 2.43. The summed E-state index contributed by atoms with van der Waals surface area (Å²) in [6.07, 6.45) is -0.322. The van der Waals surface area contributed by atoms with Crippen LogP contribution >= 0.6 is 0 Å². The number of ether oxygens (including phenoxy) is 3. The number of hydrogen-bond donors (Lipinski definition) is 1. The van der Waals surface area contributed by atoms with Crippen molar-refractivity contribution in [2.75, 3.05) is 34.0 Å². The zero-order valence-electron chi connectivity index (χ0n) is 12.9. The summed E-state index contributed by atoms with van der Waals surface area (Å²) in [5.41, 5.74) is 0. The van der Waals surface area contributed by atoms with Crippen LogP contribution in [0.25, 0.3) is 0 Å². The number of rotatable bonds is 6. The van der Waals surface area contributed by atoms with Crippen LogP contribution in [0.3, 0.4) is 0 Å². The van der Waals surface area contributed by atoms with Crippen LogP contribution in [0.5, 0.6) is 11.5 Å². The van der Waals surface area contributed by atoms with Gasteiger partial charge < -0.3 is 19.3 Å². The molecule has 0 saturated carbocycles. The summed E-state index contributed by atoms with van der Waals surface area (Å²) in [7, 11) is -1.09. The lowest BCUT2D eigenvalue weighted by atomic mass is 10.2. The van der Waals surface area contributed by atoms with E-state index in [1.54, 1.807) is 0 Å². The van der Waals surface area contributed by atoms with Gasteiger partial charge in [0.1, 0.15) is 16.4 Å². The maximum atomic E-state index is 12.9. The molecule has 0 amide bonds. The van der Waals surface area contributed by atoms with Crippen molar-refractivity contribution < 1.29 is 32.5 Å². The highest BCUT2D eigenvalue weighted by atomic mass is 32.2. The molecular formula is C14H19NO7S. The van der Waals surface area contributed by atoms with Crippen molar-refractivity contribution in [2.45, 2.75) is 17.4 Å². The monoisotopic (exact) mass is 345 g/mol. The smallest absolute Gasteiger partial charge is 0.305 e. The Morgan fingerprint density at radius 2 is 2.13 bits per heavy atom. The van der Waals surface area contributed by atoms with Crippen LogP contribution in [0.4, 0.5) is 0 Å². The van der Waals surface area contributed by atoms with Crippen molar-refractivity contribution in [3.8, 4) is 11.5 Å². The predicted molar refractivity (Wildman–Crippen MR) is 80.3 cm³/mol. The minimum Gasteiger partial charge on any atom is -0.497 e. The number of methoxy groups -OCH3 is 2. The van der Waals surface area contributed by atoms with E-state index in [-0.39, 0.29) is 36.8 Å². The maximum Gasteiger partial charge on any atom is 0.305 e. The normalized spacial score (nSPS) is 19.3. The lowest BCUT2D eigenvalue weighted by Crippen LogP contribution is -2.49. The molecule has 23 heavy (non-hydrogen) atoms. The van der Waals surface area contributed by atoms with E-state index in [0.717, 1.165) is 4.31 Å². The fraction of sp³-hybridized carbons (Fsp3) is 0.500. The Hall–Kier alpha value is -1.84. The molecule has 0 aromatic heterocycles. The van der Waals surface area contributed by atoms with Gasteiger partial charge in [0, 0.05) is 12.6 Å². The number of carbonyl (C=O) groups is 1. The first-order valence-corrected chi connectivity index (χ1v) is 8.37. The van der Waals surface area contributed by atoms with E-state index in [9.17, 15) is 13.2 Å². The molecule has 0 aliphatic carbocycles. The third-order valence-electron chi connectivity index (χ3n) is 3.54. The third kappa shape index (κ3) is 3.74. The van der Waals surface area contributed by atoms with Crippen LogP contribution in [0.1, 0.15) is 6.42 Å². The number of nitrogens with zero attached hydrogens (tertiary/aromatic N) is 1. The van der Waals surface area contributed by atoms with Gasteiger partial charge in [-0.3, -0.25) is 4.79 Å². The largest absolute Gasteiger partial charge is 0.497 e. The molecule has 9 heteroatoms. The van der Waals surface area contributed by atoms with Gasteiger partial charge in [-0.05, 0) is 12.1 Å². The van der Waals surface area contributed by atoms with Gasteiger partial charge in [-0.15, -0.1) is 0 Å². The number of benzene rings is 1. The fourth-order valence-corrected chi connectivity index (χ4v) is 4.16.